The van der Waals surface area contributed by atoms with Gasteiger partial charge in [0.1, 0.15) is 11.6 Å². The molecule has 0 amide bonds. The number of hydrogen-bond donors (Lipinski definition) is 2. The van der Waals surface area contributed by atoms with Crippen LogP contribution in [0.5, 0.6) is 0 Å². The van der Waals surface area contributed by atoms with Crippen LogP contribution >= 0.6 is 11.8 Å². The second-order valence-corrected chi connectivity index (χ2v) is 4.81. The number of rotatable bonds is 11. The highest BCUT2D eigenvalue weighted by Gasteiger charge is 2.03. The lowest BCUT2D eigenvalue weighted by atomic mass is 10.4. The van der Waals surface area contributed by atoms with Crippen molar-refractivity contribution in [3.8, 4) is 0 Å². The first-order valence-electron chi connectivity index (χ1n) is 6.77. The zero-order valence-corrected chi connectivity index (χ0v) is 13.3. The van der Waals surface area contributed by atoms with E-state index in [2.05, 4.69) is 20.6 Å². The molecule has 0 bridgehead atoms. The minimum atomic E-state index is 0.641. The van der Waals surface area contributed by atoms with E-state index in [1.54, 1.807) is 7.11 Å². The van der Waals surface area contributed by atoms with Crippen LogP contribution in [-0.4, -0.2) is 56.2 Å². The zero-order chi connectivity index (χ0) is 14.6. The average Bonchev–Trinajstić information content (AvgIpc) is 2.46. The Bertz CT molecular complexity index is 379. The Morgan fingerprint density at radius 2 is 1.90 bits per heavy atom. The van der Waals surface area contributed by atoms with Crippen LogP contribution in [0.1, 0.15) is 13.3 Å². The smallest absolute Gasteiger partial charge is 0.191 e. The Balaban J connectivity index is 2.33. The van der Waals surface area contributed by atoms with Gasteiger partial charge < -0.3 is 20.1 Å². The molecule has 20 heavy (non-hydrogen) atoms. The second-order valence-electron chi connectivity index (χ2n) is 4.04. The molecule has 114 valence electrons. The number of ether oxygens (including phenoxy) is 2. The zero-order valence-electron chi connectivity index (χ0n) is 12.4. The molecule has 0 aliphatic carbocycles. The Labute approximate surface area is 125 Å². The van der Waals surface area contributed by atoms with Crippen LogP contribution in [0, 0.1) is 0 Å². The molecule has 6 nitrogen and oxygen atoms in total. The monoisotopic (exact) mass is 300 g/mol. The quantitative estimate of drug-likeness (QED) is 0.368. The number of thioether (sulfide) groups is 1. The highest BCUT2D eigenvalue weighted by molar-refractivity contribution is 7.98. The number of anilines is 2. The average molecular weight is 300 g/mol. The van der Waals surface area contributed by atoms with E-state index in [1.165, 1.54) is 11.8 Å². The third-order valence-electron chi connectivity index (χ3n) is 2.45. The Kier molecular flexibility index (Phi) is 9.10. The predicted molar refractivity (Wildman–Crippen MR) is 83.8 cm³/mol. The molecule has 0 spiro atoms. The van der Waals surface area contributed by atoms with Crippen molar-refractivity contribution in [1.82, 2.24) is 9.97 Å². The van der Waals surface area contributed by atoms with Gasteiger partial charge in [-0.25, -0.2) is 9.97 Å². The van der Waals surface area contributed by atoms with E-state index in [1.807, 2.05) is 19.2 Å². The number of aromatic nitrogens is 2. The van der Waals surface area contributed by atoms with Crippen molar-refractivity contribution >= 4 is 23.4 Å². The molecule has 0 aromatic carbocycles. The van der Waals surface area contributed by atoms with Gasteiger partial charge in [-0.1, -0.05) is 11.8 Å². The normalized spacial score (nSPS) is 10.6. The van der Waals surface area contributed by atoms with Gasteiger partial charge in [-0.2, -0.15) is 0 Å². The van der Waals surface area contributed by atoms with Crippen LogP contribution in [0.15, 0.2) is 11.2 Å². The molecule has 0 aliphatic rings. The lowest BCUT2D eigenvalue weighted by Crippen LogP contribution is -2.10. The molecule has 1 heterocycles. The van der Waals surface area contributed by atoms with Gasteiger partial charge in [0.05, 0.1) is 13.2 Å². The molecule has 0 radical (unpaired) electrons. The van der Waals surface area contributed by atoms with Crippen molar-refractivity contribution in [2.45, 2.75) is 18.5 Å². The molecule has 1 rings (SSSR count). The van der Waals surface area contributed by atoms with Crippen LogP contribution in [-0.2, 0) is 9.47 Å². The first-order valence-corrected chi connectivity index (χ1v) is 8.00. The largest absolute Gasteiger partial charge is 0.382 e. The van der Waals surface area contributed by atoms with Gasteiger partial charge in [-0.05, 0) is 19.6 Å². The highest BCUT2D eigenvalue weighted by atomic mass is 32.2. The van der Waals surface area contributed by atoms with Crippen molar-refractivity contribution in [3.05, 3.63) is 6.07 Å². The highest BCUT2D eigenvalue weighted by Crippen LogP contribution is 2.17. The molecular weight excluding hydrogens is 276 g/mol. The summed E-state index contributed by atoms with van der Waals surface area (Å²) in [6.07, 6.45) is 2.90. The van der Waals surface area contributed by atoms with Gasteiger partial charge in [0, 0.05) is 32.9 Å². The van der Waals surface area contributed by atoms with Gasteiger partial charge in [0.15, 0.2) is 5.16 Å². The Morgan fingerprint density at radius 1 is 1.15 bits per heavy atom. The maximum absolute atomic E-state index is 5.40. The topological polar surface area (TPSA) is 68.3 Å². The molecule has 0 atom stereocenters. The van der Waals surface area contributed by atoms with Crippen LogP contribution < -0.4 is 10.6 Å². The fourth-order valence-corrected chi connectivity index (χ4v) is 1.89. The van der Waals surface area contributed by atoms with Gasteiger partial charge in [-0.3, -0.25) is 0 Å². The van der Waals surface area contributed by atoms with Gasteiger partial charge in [0.25, 0.3) is 0 Å². The van der Waals surface area contributed by atoms with E-state index < -0.39 is 0 Å². The van der Waals surface area contributed by atoms with Crippen molar-refractivity contribution in [1.29, 1.82) is 0 Å². The third kappa shape index (κ3) is 6.93. The lowest BCUT2D eigenvalue weighted by Gasteiger charge is -2.10. The minimum Gasteiger partial charge on any atom is -0.382 e. The summed E-state index contributed by atoms with van der Waals surface area (Å²) in [4.78, 5) is 8.80. The summed E-state index contributed by atoms with van der Waals surface area (Å²) in [5.41, 5.74) is 0. The summed E-state index contributed by atoms with van der Waals surface area (Å²) < 4.78 is 10.3. The van der Waals surface area contributed by atoms with E-state index in [4.69, 9.17) is 9.47 Å². The van der Waals surface area contributed by atoms with Crippen LogP contribution in [0.4, 0.5) is 11.6 Å². The second kappa shape index (κ2) is 10.7. The molecule has 7 heteroatoms. The Hall–Kier alpha value is -1.05. The van der Waals surface area contributed by atoms with Crippen molar-refractivity contribution in [2.75, 3.05) is 56.9 Å². The van der Waals surface area contributed by atoms with E-state index in [0.717, 1.165) is 42.9 Å². The SMILES string of the molecule is CCNc1cc(NCCCOCCOC)nc(SC)n1. The maximum atomic E-state index is 5.40. The van der Waals surface area contributed by atoms with E-state index in [9.17, 15) is 0 Å². The van der Waals surface area contributed by atoms with E-state index in [0.29, 0.717) is 13.2 Å². The molecule has 0 saturated heterocycles. The fraction of sp³-hybridized carbons (Fsp3) is 0.692. The van der Waals surface area contributed by atoms with Crippen LogP contribution in [0.25, 0.3) is 0 Å². The minimum absolute atomic E-state index is 0.641. The van der Waals surface area contributed by atoms with E-state index in [-0.39, 0.29) is 0 Å². The molecule has 1 aromatic heterocycles. The summed E-state index contributed by atoms with van der Waals surface area (Å²) >= 11 is 1.53. The number of nitrogens with zero attached hydrogens (tertiary/aromatic N) is 2. The number of hydrogen-bond acceptors (Lipinski definition) is 7. The first-order chi connectivity index (χ1) is 9.80. The van der Waals surface area contributed by atoms with E-state index >= 15 is 0 Å². The molecule has 2 N–H and O–H groups in total. The van der Waals surface area contributed by atoms with Crippen molar-refractivity contribution in [3.63, 3.8) is 0 Å². The summed E-state index contributed by atoms with van der Waals surface area (Å²) in [5.74, 6) is 1.70. The third-order valence-corrected chi connectivity index (χ3v) is 3.00. The van der Waals surface area contributed by atoms with Crippen molar-refractivity contribution in [2.24, 2.45) is 0 Å². The first kappa shape index (κ1) is 17.0. The molecule has 0 fully saturated rings. The molecular formula is C13H24N4O2S. The van der Waals surface area contributed by atoms with Gasteiger partial charge in [0.2, 0.25) is 0 Å². The predicted octanol–water partition coefficient (Wildman–Crippen LogP) is 2.10. The summed E-state index contributed by atoms with van der Waals surface area (Å²) in [7, 11) is 1.67. The molecule has 0 unspecified atom stereocenters. The van der Waals surface area contributed by atoms with Crippen molar-refractivity contribution < 1.29 is 9.47 Å². The fourth-order valence-electron chi connectivity index (χ4n) is 1.51. The number of methoxy groups -OCH3 is 1. The summed E-state index contributed by atoms with van der Waals surface area (Å²) in [6, 6.07) is 1.93. The van der Waals surface area contributed by atoms with Gasteiger partial charge in [-0.15, -0.1) is 0 Å². The Morgan fingerprint density at radius 3 is 2.55 bits per heavy atom. The molecule has 0 aliphatic heterocycles. The molecule has 0 saturated carbocycles. The number of nitrogens with one attached hydrogen (secondary N) is 2. The standard InChI is InChI=1S/C13H24N4O2S/c1-4-14-11-10-12(17-13(16-11)20-3)15-6-5-7-19-9-8-18-2/h10H,4-9H2,1-3H3,(H2,14,15,16,17). The van der Waals surface area contributed by atoms with Crippen LogP contribution in [0.2, 0.25) is 0 Å². The summed E-state index contributed by atoms with van der Waals surface area (Å²) in [5, 5.41) is 7.26. The maximum Gasteiger partial charge on any atom is 0.191 e. The molecule has 1 aromatic rings. The lowest BCUT2D eigenvalue weighted by molar-refractivity contribution is 0.0705. The summed E-state index contributed by atoms with van der Waals surface area (Å²) in [6.45, 7) is 5.72. The van der Waals surface area contributed by atoms with Crippen LogP contribution in [0.3, 0.4) is 0 Å². The van der Waals surface area contributed by atoms with Gasteiger partial charge >= 0.3 is 0 Å².